The van der Waals surface area contributed by atoms with E-state index in [1.807, 2.05) is 30.0 Å². The van der Waals surface area contributed by atoms with Crippen molar-refractivity contribution in [3.8, 4) is 0 Å². The van der Waals surface area contributed by atoms with Gasteiger partial charge in [0.1, 0.15) is 0 Å². The van der Waals surface area contributed by atoms with Crippen LogP contribution in [0.15, 0.2) is 29.1 Å². The molecule has 1 saturated heterocycles. The number of nitrogens with one attached hydrogen (secondary N) is 1. The topological polar surface area (TPSA) is 56.4 Å². The number of hydrogen-bond acceptors (Lipinski definition) is 3. The maximum atomic E-state index is 12.3. The lowest BCUT2D eigenvalue weighted by Crippen LogP contribution is -2.50. The minimum atomic E-state index is -0.0628. The molecule has 0 atom stereocenters. The molecule has 128 valence electrons. The van der Waals surface area contributed by atoms with Crippen LogP contribution in [-0.2, 0) is 11.3 Å². The van der Waals surface area contributed by atoms with Crippen molar-refractivity contribution in [2.75, 3.05) is 26.2 Å². The molecular formula is C19H25N3O2. The third-order valence-electron chi connectivity index (χ3n) is 4.65. The zero-order chi connectivity index (χ0) is 17.1. The average Bonchev–Trinajstić information content (AvgIpc) is 2.55. The first-order valence-corrected chi connectivity index (χ1v) is 8.69. The summed E-state index contributed by atoms with van der Waals surface area (Å²) in [6.07, 6.45) is 2.15. The number of aryl methyl sites for hydroxylation is 1. The summed E-state index contributed by atoms with van der Waals surface area (Å²) in [5.74, 6) is 0.169. The highest BCUT2D eigenvalue weighted by Gasteiger charge is 2.23. The van der Waals surface area contributed by atoms with Gasteiger partial charge in [-0.05, 0) is 36.9 Å². The first-order chi connectivity index (χ1) is 11.6. The molecule has 1 amide bonds. The van der Waals surface area contributed by atoms with Gasteiger partial charge < -0.3 is 9.88 Å². The summed E-state index contributed by atoms with van der Waals surface area (Å²) in [6, 6.07) is 7.95. The molecule has 24 heavy (non-hydrogen) atoms. The van der Waals surface area contributed by atoms with Crippen molar-refractivity contribution in [1.82, 2.24) is 14.8 Å². The van der Waals surface area contributed by atoms with Crippen LogP contribution in [0.1, 0.15) is 30.9 Å². The fourth-order valence-electron chi connectivity index (χ4n) is 3.21. The molecule has 5 nitrogen and oxygen atoms in total. The molecular weight excluding hydrogens is 302 g/mol. The van der Waals surface area contributed by atoms with Crippen molar-refractivity contribution in [3.63, 3.8) is 0 Å². The second-order valence-corrected chi connectivity index (χ2v) is 6.66. The Balaban J connectivity index is 1.72. The molecule has 1 fully saturated rings. The normalized spacial score (nSPS) is 16.1. The van der Waals surface area contributed by atoms with Crippen LogP contribution in [0.3, 0.4) is 0 Å². The lowest BCUT2D eigenvalue weighted by atomic mass is 10.1. The Morgan fingerprint density at radius 3 is 2.75 bits per heavy atom. The van der Waals surface area contributed by atoms with Gasteiger partial charge in [0.05, 0.1) is 6.54 Å². The molecule has 2 heterocycles. The fraction of sp³-hybridized carbons (Fsp3) is 0.474. The largest absolute Gasteiger partial charge is 0.340 e. The molecule has 1 aromatic heterocycles. The summed E-state index contributed by atoms with van der Waals surface area (Å²) in [7, 11) is 0. The number of amides is 1. The minimum Gasteiger partial charge on any atom is -0.340 e. The molecule has 1 aromatic carbocycles. The predicted molar refractivity (Wildman–Crippen MR) is 96.1 cm³/mol. The van der Waals surface area contributed by atoms with E-state index in [1.165, 1.54) is 5.56 Å². The zero-order valence-electron chi connectivity index (χ0n) is 14.5. The summed E-state index contributed by atoms with van der Waals surface area (Å²) in [5, 5.41) is 1.04. The van der Waals surface area contributed by atoms with Gasteiger partial charge in [0.25, 0.3) is 5.56 Å². The van der Waals surface area contributed by atoms with Crippen molar-refractivity contribution in [2.24, 2.45) is 0 Å². The van der Waals surface area contributed by atoms with Gasteiger partial charge >= 0.3 is 0 Å². The van der Waals surface area contributed by atoms with Crippen LogP contribution in [0.25, 0.3) is 10.9 Å². The minimum absolute atomic E-state index is 0.0628. The Kier molecular flexibility index (Phi) is 5.00. The third-order valence-corrected chi connectivity index (χ3v) is 4.65. The number of hydrogen-bond donors (Lipinski definition) is 1. The molecule has 0 unspecified atom stereocenters. The Labute approximate surface area is 142 Å². The summed E-state index contributed by atoms with van der Waals surface area (Å²) >= 11 is 0. The van der Waals surface area contributed by atoms with Crippen LogP contribution in [0.4, 0.5) is 0 Å². The van der Waals surface area contributed by atoms with Gasteiger partial charge in [-0.1, -0.05) is 25.0 Å². The number of pyridine rings is 1. The number of carbonyl (C=O) groups excluding carboxylic acids is 1. The maximum absolute atomic E-state index is 12.3. The molecule has 5 heteroatoms. The van der Waals surface area contributed by atoms with E-state index in [9.17, 15) is 9.59 Å². The number of aromatic amines is 1. The molecule has 0 bridgehead atoms. The highest BCUT2D eigenvalue weighted by atomic mass is 16.2. The van der Waals surface area contributed by atoms with Crippen LogP contribution >= 0.6 is 0 Å². The van der Waals surface area contributed by atoms with Gasteiger partial charge in [-0.3, -0.25) is 14.5 Å². The Morgan fingerprint density at radius 1 is 1.17 bits per heavy atom. The maximum Gasteiger partial charge on any atom is 0.252 e. The van der Waals surface area contributed by atoms with Crippen molar-refractivity contribution in [1.29, 1.82) is 0 Å². The Hall–Kier alpha value is -2.14. The summed E-state index contributed by atoms with van der Waals surface area (Å²) in [5.41, 5.74) is 2.69. The number of rotatable bonds is 5. The number of fused-ring (bicyclic) bond motifs is 1. The first kappa shape index (κ1) is 16.7. The van der Waals surface area contributed by atoms with Crippen LogP contribution < -0.4 is 5.56 Å². The third kappa shape index (κ3) is 3.67. The Bertz CT molecular complexity index is 797. The predicted octanol–water partition coefficient (Wildman–Crippen LogP) is 2.28. The molecule has 1 aliphatic rings. The van der Waals surface area contributed by atoms with Crippen LogP contribution in [-0.4, -0.2) is 46.9 Å². The smallest absolute Gasteiger partial charge is 0.252 e. The van der Waals surface area contributed by atoms with E-state index >= 15 is 0 Å². The van der Waals surface area contributed by atoms with Crippen molar-refractivity contribution in [3.05, 3.63) is 45.7 Å². The SMILES string of the molecule is CCCCN1CCN(Cc2cc3cc(C)ccc3[nH]c2=O)CC1=O. The summed E-state index contributed by atoms with van der Waals surface area (Å²) < 4.78 is 0. The molecule has 2 aromatic rings. The van der Waals surface area contributed by atoms with Crippen molar-refractivity contribution < 1.29 is 4.79 Å². The van der Waals surface area contributed by atoms with E-state index in [0.717, 1.165) is 48.9 Å². The quantitative estimate of drug-likeness (QED) is 0.916. The van der Waals surface area contributed by atoms with Gasteiger partial charge in [-0.15, -0.1) is 0 Å². The fourth-order valence-corrected chi connectivity index (χ4v) is 3.21. The number of H-pyrrole nitrogens is 1. The highest BCUT2D eigenvalue weighted by molar-refractivity contribution is 5.80. The Morgan fingerprint density at radius 2 is 2.00 bits per heavy atom. The lowest BCUT2D eigenvalue weighted by Gasteiger charge is -2.34. The number of benzene rings is 1. The van der Waals surface area contributed by atoms with E-state index in [1.54, 1.807) is 0 Å². The molecule has 0 radical (unpaired) electrons. The van der Waals surface area contributed by atoms with Gasteiger partial charge in [0.2, 0.25) is 5.91 Å². The average molecular weight is 327 g/mol. The zero-order valence-corrected chi connectivity index (χ0v) is 14.5. The van der Waals surface area contributed by atoms with Gasteiger partial charge in [0.15, 0.2) is 0 Å². The van der Waals surface area contributed by atoms with Gasteiger partial charge in [0, 0.05) is 37.3 Å². The number of aromatic nitrogens is 1. The standard InChI is InChI=1S/C19H25N3O2/c1-3-4-7-22-9-8-21(13-18(22)23)12-16-11-15-10-14(2)5-6-17(15)20-19(16)24/h5-6,10-11H,3-4,7-9,12-13H2,1-2H3,(H,20,24). The van der Waals surface area contributed by atoms with E-state index in [4.69, 9.17) is 0 Å². The van der Waals surface area contributed by atoms with Crippen LogP contribution in [0.2, 0.25) is 0 Å². The molecule has 0 aliphatic carbocycles. The number of unbranched alkanes of at least 4 members (excludes halogenated alkanes) is 1. The lowest BCUT2D eigenvalue weighted by molar-refractivity contribution is -0.136. The summed E-state index contributed by atoms with van der Waals surface area (Å²) in [6.45, 7) is 7.51. The molecule has 3 rings (SSSR count). The monoisotopic (exact) mass is 327 g/mol. The number of nitrogens with zero attached hydrogens (tertiary/aromatic N) is 2. The van der Waals surface area contributed by atoms with Gasteiger partial charge in [-0.25, -0.2) is 0 Å². The van der Waals surface area contributed by atoms with E-state index in [2.05, 4.69) is 22.9 Å². The second kappa shape index (κ2) is 7.18. The number of carbonyl (C=O) groups is 1. The van der Waals surface area contributed by atoms with Crippen LogP contribution in [0, 0.1) is 6.92 Å². The summed E-state index contributed by atoms with van der Waals surface area (Å²) in [4.78, 5) is 31.5. The highest BCUT2D eigenvalue weighted by Crippen LogP contribution is 2.15. The van der Waals surface area contributed by atoms with Gasteiger partial charge in [-0.2, -0.15) is 0 Å². The van der Waals surface area contributed by atoms with E-state index in [-0.39, 0.29) is 11.5 Å². The first-order valence-electron chi connectivity index (χ1n) is 8.69. The van der Waals surface area contributed by atoms with E-state index in [0.29, 0.717) is 13.1 Å². The van der Waals surface area contributed by atoms with E-state index < -0.39 is 0 Å². The molecule has 0 saturated carbocycles. The van der Waals surface area contributed by atoms with Crippen molar-refractivity contribution >= 4 is 16.8 Å². The molecule has 0 spiro atoms. The van der Waals surface area contributed by atoms with Crippen LogP contribution in [0.5, 0.6) is 0 Å². The molecule has 1 N–H and O–H groups in total. The van der Waals surface area contributed by atoms with Crippen molar-refractivity contribution in [2.45, 2.75) is 33.2 Å². The molecule has 1 aliphatic heterocycles. The number of piperazine rings is 1. The second-order valence-electron chi connectivity index (χ2n) is 6.66.